The molecule has 0 atom stereocenters. The normalized spacial score (nSPS) is 13.9. The van der Waals surface area contributed by atoms with Crippen molar-refractivity contribution in [3.8, 4) is 0 Å². The standard InChI is InChI=1S/C12H9Cl2NO4/c13-6-3-4-7(14)10-9(6)11(18)15(12(10)19)5-1-2-8(16)17/h3-4H,1-2,5H2,(H,16,17). The average Bonchev–Trinajstić information content (AvgIpc) is 2.59. The number of amides is 2. The molecule has 1 aromatic rings. The van der Waals surface area contributed by atoms with E-state index in [1.807, 2.05) is 0 Å². The number of hydrogen-bond acceptors (Lipinski definition) is 3. The van der Waals surface area contributed by atoms with Crippen LogP contribution in [0.5, 0.6) is 0 Å². The minimum absolute atomic E-state index is 0.0330. The van der Waals surface area contributed by atoms with E-state index in [-0.39, 0.29) is 40.6 Å². The topological polar surface area (TPSA) is 74.7 Å². The van der Waals surface area contributed by atoms with Crippen LogP contribution in [-0.2, 0) is 4.79 Å². The highest BCUT2D eigenvalue weighted by molar-refractivity contribution is 6.41. The third kappa shape index (κ3) is 2.43. The van der Waals surface area contributed by atoms with Gasteiger partial charge in [-0.15, -0.1) is 0 Å². The molecule has 0 bridgehead atoms. The molecule has 0 aromatic heterocycles. The number of fused-ring (bicyclic) bond motifs is 1. The number of carboxylic acid groups (broad SMARTS) is 1. The van der Waals surface area contributed by atoms with Crippen LogP contribution in [0, 0.1) is 0 Å². The second kappa shape index (κ2) is 5.19. The fourth-order valence-corrected chi connectivity index (χ4v) is 2.40. The van der Waals surface area contributed by atoms with Crippen molar-refractivity contribution in [2.75, 3.05) is 6.54 Å². The van der Waals surface area contributed by atoms with E-state index in [1.165, 1.54) is 12.1 Å². The predicted octanol–water partition coefficient (Wildman–Crippen LogP) is 2.45. The zero-order valence-corrected chi connectivity index (χ0v) is 11.2. The summed E-state index contributed by atoms with van der Waals surface area (Å²) in [6, 6.07) is 2.91. The van der Waals surface area contributed by atoms with E-state index in [1.54, 1.807) is 0 Å². The first-order valence-corrected chi connectivity index (χ1v) is 6.25. The Kier molecular flexibility index (Phi) is 3.78. The Labute approximate surface area is 118 Å². The van der Waals surface area contributed by atoms with Gasteiger partial charge >= 0.3 is 5.97 Å². The number of halogens is 2. The van der Waals surface area contributed by atoms with Crippen molar-refractivity contribution in [2.24, 2.45) is 0 Å². The molecule has 0 saturated heterocycles. The molecule has 1 heterocycles. The summed E-state index contributed by atoms with van der Waals surface area (Å²) in [5.74, 6) is -2.04. The molecule has 7 heteroatoms. The van der Waals surface area contributed by atoms with Gasteiger partial charge in [-0.05, 0) is 18.6 Å². The summed E-state index contributed by atoms with van der Waals surface area (Å²) in [5, 5.41) is 8.88. The summed E-state index contributed by atoms with van der Waals surface area (Å²) >= 11 is 11.8. The molecule has 2 rings (SSSR count). The van der Waals surface area contributed by atoms with Crippen LogP contribution in [0.4, 0.5) is 0 Å². The van der Waals surface area contributed by atoms with Crippen LogP contribution in [0.25, 0.3) is 0 Å². The largest absolute Gasteiger partial charge is 0.481 e. The number of aliphatic carboxylic acids is 1. The summed E-state index contributed by atoms with van der Waals surface area (Å²) in [4.78, 5) is 35.6. The van der Waals surface area contributed by atoms with Crippen LogP contribution in [0.3, 0.4) is 0 Å². The highest BCUT2D eigenvalue weighted by Gasteiger charge is 2.38. The van der Waals surface area contributed by atoms with E-state index < -0.39 is 17.8 Å². The molecule has 2 amide bonds. The molecule has 100 valence electrons. The molecule has 0 radical (unpaired) electrons. The van der Waals surface area contributed by atoms with Crippen molar-refractivity contribution in [2.45, 2.75) is 12.8 Å². The number of carbonyl (C=O) groups excluding carboxylic acids is 2. The van der Waals surface area contributed by atoms with E-state index in [2.05, 4.69) is 0 Å². The molecule has 1 N–H and O–H groups in total. The monoisotopic (exact) mass is 301 g/mol. The predicted molar refractivity (Wildman–Crippen MR) is 68.7 cm³/mol. The second-order valence-electron chi connectivity index (χ2n) is 4.04. The van der Waals surface area contributed by atoms with Crippen LogP contribution in [0.1, 0.15) is 33.6 Å². The molecule has 0 spiro atoms. The van der Waals surface area contributed by atoms with Gasteiger partial charge in [-0.1, -0.05) is 23.2 Å². The van der Waals surface area contributed by atoms with Crippen molar-refractivity contribution in [3.05, 3.63) is 33.3 Å². The van der Waals surface area contributed by atoms with Gasteiger partial charge in [0, 0.05) is 13.0 Å². The summed E-state index contributed by atoms with van der Waals surface area (Å²) < 4.78 is 0. The Hall–Kier alpha value is -1.59. The smallest absolute Gasteiger partial charge is 0.303 e. The van der Waals surface area contributed by atoms with Gasteiger partial charge in [0.05, 0.1) is 21.2 Å². The second-order valence-corrected chi connectivity index (χ2v) is 4.85. The highest BCUT2D eigenvalue weighted by atomic mass is 35.5. The van der Waals surface area contributed by atoms with E-state index in [4.69, 9.17) is 28.3 Å². The Morgan fingerprint density at radius 1 is 1.11 bits per heavy atom. The van der Waals surface area contributed by atoms with Gasteiger partial charge in [-0.2, -0.15) is 0 Å². The Bertz CT molecular complexity index is 544. The molecular formula is C12H9Cl2NO4. The number of nitrogens with zero attached hydrogens (tertiary/aromatic N) is 1. The summed E-state index contributed by atoms with van der Waals surface area (Å²) in [7, 11) is 0. The zero-order valence-electron chi connectivity index (χ0n) is 9.65. The van der Waals surface area contributed by atoms with Gasteiger partial charge in [0.15, 0.2) is 0 Å². The fraction of sp³-hybridized carbons (Fsp3) is 0.250. The lowest BCUT2D eigenvalue weighted by Gasteiger charge is -2.12. The molecule has 5 nitrogen and oxygen atoms in total. The SMILES string of the molecule is O=C(O)CCCN1C(=O)c2c(Cl)ccc(Cl)c2C1=O. The van der Waals surface area contributed by atoms with Gasteiger partial charge in [-0.25, -0.2) is 0 Å². The fourth-order valence-electron chi connectivity index (χ4n) is 1.92. The van der Waals surface area contributed by atoms with Crippen LogP contribution < -0.4 is 0 Å². The van der Waals surface area contributed by atoms with Crippen molar-refractivity contribution in [3.63, 3.8) is 0 Å². The van der Waals surface area contributed by atoms with Gasteiger partial charge in [-0.3, -0.25) is 19.3 Å². The molecule has 0 fully saturated rings. The summed E-state index contributed by atoms with van der Waals surface area (Å²) in [6.07, 6.45) is 0.0743. The van der Waals surface area contributed by atoms with Crippen LogP contribution >= 0.6 is 23.2 Å². The van der Waals surface area contributed by atoms with Gasteiger partial charge in [0.1, 0.15) is 0 Å². The van der Waals surface area contributed by atoms with Crippen molar-refractivity contribution in [1.29, 1.82) is 0 Å². The highest BCUT2D eigenvalue weighted by Crippen LogP contribution is 2.34. The Morgan fingerprint density at radius 2 is 1.58 bits per heavy atom. The molecule has 1 aliphatic rings. The van der Waals surface area contributed by atoms with Crippen molar-refractivity contribution in [1.82, 2.24) is 4.90 Å². The van der Waals surface area contributed by atoms with Crippen LogP contribution in [-0.4, -0.2) is 34.3 Å². The first-order valence-electron chi connectivity index (χ1n) is 5.49. The van der Waals surface area contributed by atoms with Gasteiger partial charge in [0.2, 0.25) is 0 Å². The summed E-state index contributed by atoms with van der Waals surface area (Å²) in [6.45, 7) is 0.0330. The first-order chi connectivity index (χ1) is 8.93. The lowest BCUT2D eigenvalue weighted by Crippen LogP contribution is -2.31. The Balaban J connectivity index is 2.27. The maximum absolute atomic E-state index is 12.1. The Morgan fingerprint density at radius 3 is 2.00 bits per heavy atom. The average molecular weight is 302 g/mol. The third-order valence-corrected chi connectivity index (χ3v) is 3.42. The van der Waals surface area contributed by atoms with Crippen molar-refractivity contribution < 1.29 is 19.5 Å². The molecule has 0 unspecified atom stereocenters. The number of rotatable bonds is 4. The summed E-state index contributed by atoms with van der Waals surface area (Å²) in [5.41, 5.74) is 0.184. The minimum atomic E-state index is -0.979. The lowest BCUT2D eigenvalue weighted by atomic mass is 10.1. The molecule has 0 saturated carbocycles. The third-order valence-electron chi connectivity index (χ3n) is 2.79. The zero-order chi connectivity index (χ0) is 14.2. The molecule has 0 aliphatic carbocycles. The maximum atomic E-state index is 12.1. The van der Waals surface area contributed by atoms with Crippen LogP contribution in [0.2, 0.25) is 10.0 Å². The number of carbonyl (C=O) groups is 3. The first kappa shape index (κ1) is 13.8. The van der Waals surface area contributed by atoms with E-state index in [9.17, 15) is 14.4 Å². The molecular weight excluding hydrogens is 293 g/mol. The van der Waals surface area contributed by atoms with Crippen molar-refractivity contribution >= 4 is 41.0 Å². The van der Waals surface area contributed by atoms with Gasteiger partial charge in [0.25, 0.3) is 11.8 Å². The number of hydrogen-bond donors (Lipinski definition) is 1. The number of carboxylic acids is 1. The number of imide groups is 1. The molecule has 1 aromatic carbocycles. The lowest BCUT2D eigenvalue weighted by molar-refractivity contribution is -0.137. The number of benzene rings is 1. The minimum Gasteiger partial charge on any atom is -0.481 e. The molecule has 19 heavy (non-hydrogen) atoms. The van der Waals surface area contributed by atoms with E-state index in [0.29, 0.717) is 0 Å². The van der Waals surface area contributed by atoms with Crippen LogP contribution in [0.15, 0.2) is 12.1 Å². The molecule has 1 aliphatic heterocycles. The van der Waals surface area contributed by atoms with Gasteiger partial charge < -0.3 is 5.11 Å². The quantitative estimate of drug-likeness (QED) is 0.867. The maximum Gasteiger partial charge on any atom is 0.303 e. The van der Waals surface area contributed by atoms with E-state index >= 15 is 0 Å². The van der Waals surface area contributed by atoms with E-state index in [0.717, 1.165) is 4.90 Å².